The van der Waals surface area contributed by atoms with Crippen molar-refractivity contribution in [1.82, 2.24) is 5.32 Å². The maximum Gasteiger partial charge on any atom is 1.00 e. The third-order valence-electron chi connectivity index (χ3n) is 2.36. The summed E-state index contributed by atoms with van der Waals surface area (Å²) in [6.45, 7) is 4.95. The van der Waals surface area contributed by atoms with Gasteiger partial charge in [0.2, 0.25) is 0 Å². The summed E-state index contributed by atoms with van der Waals surface area (Å²) >= 11 is 0. The zero-order chi connectivity index (χ0) is 12.2. The van der Waals surface area contributed by atoms with Crippen molar-refractivity contribution in [3.63, 3.8) is 0 Å². The van der Waals surface area contributed by atoms with Crippen molar-refractivity contribution < 1.29 is 39.5 Å². The third kappa shape index (κ3) is 18.6. The van der Waals surface area contributed by atoms with Crippen molar-refractivity contribution in [1.29, 1.82) is 0 Å². The number of carboxylic acids is 1. The van der Waals surface area contributed by atoms with E-state index in [0.717, 1.165) is 12.3 Å². The summed E-state index contributed by atoms with van der Waals surface area (Å²) in [5.74, 6) is -0.198. The first-order valence-electron chi connectivity index (χ1n) is 6.21. The smallest absolute Gasteiger partial charge is 0.550 e. The number of hydrogen-bond donors (Lipinski definition) is 1. The van der Waals surface area contributed by atoms with Crippen molar-refractivity contribution in [3.8, 4) is 0 Å². The van der Waals surface area contributed by atoms with Gasteiger partial charge in [-0.3, -0.25) is 0 Å². The fourth-order valence-corrected chi connectivity index (χ4v) is 1.42. The molecule has 0 aromatic rings. The zero-order valence-corrected chi connectivity index (χ0v) is 13.5. The number of aliphatic carboxylic acids is 1. The topological polar surface area (TPSA) is 52.2 Å². The Morgan fingerprint density at radius 3 is 2.59 bits per heavy atom. The fourth-order valence-electron chi connectivity index (χ4n) is 1.42. The van der Waals surface area contributed by atoms with Crippen LogP contribution in [0.3, 0.4) is 0 Å². The van der Waals surface area contributed by atoms with Crippen LogP contribution in [0.2, 0.25) is 0 Å². The molecule has 0 rings (SSSR count). The first-order chi connectivity index (χ1) is 7.63. The molecule has 0 aromatic heterocycles. The normalized spacial score (nSPS) is 10.5. The molecule has 17 heavy (non-hydrogen) atoms. The van der Waals surface area contributed by atoms with Crippen LogP contribution in [0.15, 0.2) is 12.3 Å². The van der Waals surface area contributed by atoms with Crippen LogP contribution in [0.1, 0.15) is 52.4 Å². The van der Waals surface area contributed by atoms with Crippen LogP contribution in [0.4, 0.5) is 0 Å². The molecule has 94 valence electrons. The van der Waals surface area contributed by atoms with Gasteiger partial charge in [-0.05, 0) is 25.0 Å². The molecule has 0 aromatic carbocycles. The molecule has 0 saturated heterocycles. The fraction of sp³-hybridized carbons (Fsp3) is 0.769. The minimum absolute atomic E-state index is 0. The van der Waals surface area contributed by atoms with Crippen molar-refractivity contribution in [2.45, 2.75) is 52.4 Å². The number of allylic oxidation sites excluding steroid dienone is 1. The van der Waals surface area contributed by atoms with Gasteiger partial charge in [-0.1, -0.05) is 39.2 Å². The van der Waals surface area contributed by atoms with Crippen LogP contribution in [-0.2, 0) is 4.79 Å². The Kier molecular flexibility index (Phi) is 16.0. The molecule has 0 bridgehead atoms. The number of carbonyl (C=O) groups excluding carboxylic acids is 1. The molecule has 1 N–H and O–H groups in total. The first-order valence-corrected chi connectivity index (χ1v) is 6.21. The molecule has 0 aliphatic heterocycles. The van der Waals surface area contributed by atoms with E-state index in [0.29, 0.717) is 6.54 Å². The van der Waals surface area contributed by atoms with Gasteiger partial charge in [0.15, 0.2) is 0 Å². The molecular formula is C13H24NNaO2. The largest absolute Gasteiger partial charge is 1.00 e. The van der Waals surface area contributed by atoms with Crippen LogP contribution >= 0.6 is 0 Å². The molecular weight excluding hydrogens is 225 g/mol. The van der Waals surface area contributed by atoms with Crippen molar-refractivity contribution >= 4 is 5.97 Å². The summed E-state index contributed by atoms with van der Waals surface area (Å²) in [5, 5.41) is 13.0. The molecule has 0 aliphatic rings. The summed E-state index contributed by atoms with van der Waals surface area (Å²) in [7, 11) is 0. The van der Waals surface area contributed by atoms with E-state index in [-0.39, 0.29) is 36.0 Å². The van der Waals surface area contributed by atoms with Gasteiger partial charge in [-0.15, -0.1) is 0 Å². The maximum absolute atomic E-state index is 10.1. The molecule has 0 atom stereocenters. The average molecular weight is 249 g/mol. The number of unbranched alkanes of at least 4 members (excludes halogenated alkanes) is 3. The van der Waals surface area contributed by atoms with E-state index in [9.17, 15) is 9.90 Å². The number of carboxylic acid groups (broad SMARTS) is 1. The van der Waals surface area contributed by atoms with Gasteiger partial charge < -0.3 is 15.2 Å². The molecule has 4 heteroatoms. The number of nitrogens with one attached hydrogen (secondary N) is 1. The maximum atomic E-state index is 10.1. The minimum atomic E-state index is -1.01. The quantitative estimate of drug-likeness (QED) is 0.392. The van der Waals surface area contributed by atoms with E-state index in [4.69, 9.17) is 0 Å². The standard InChI is InChI=1S/C13H25NO2.Na/c1-12(2)8-6-4-3-5-7-10-14-11-9-13(15)16;/h7,10,12,14H,3-6,8-9,11H2,1-2H3,(H,15,16);/q;+1/p-1. The molecule has 0 unspecified atom stereocenters. The average Bonchev–Trinajstić information content (AvgIpc) is 2.20. The first kappa shape index (κ1) is 19.4. The Morgan fingerprint density at radius 2 is 2.00 bits per heavy atom. The molecule has 0 saturated carbocycles. The second-order valence-electron chi connectivity index (χ2n) is 4.51. The molecule has 0 aliphatic carbocycles. The third-order valence-corrected chi connectivity index (χ3v) is 2.36. The van der Waals surface area contributed by atoms with Crippen molar-refractivity contribution in [2.75, 3.05) is 6.54 Å². The summed E-state index contributed by atoms with van der Waals surface area (Å²) in [5.41, 5.74) is 0. The molecule has 0 spiro atoms. The van der Waals surface area contributed by atoms with E-state index in [1.165, 1.54) is 25.7 Å². The van der Waals surface area contributed by atoms with Gasteiger partial charge in [0.1, 0.15) is 0 Å². The summed E-state index contributed by atoms with van der Waals surface area (Å²) in [6.07, 6.45) is 10.1. The van der Waals surface area contributed by atoms with Gasteiger partial charge in [-0.2, -0.15) is 0 Å². The van der Waals surface area contributed by atoms with Gasteiger partial charge >= 0.3 is 29.6 Å². The molecule has 0 radical (unpaired) electrons. The van der Waals surface area contributed by atoms with E-state index < -0.39 is 5.97 Å². The number of hydrogen-bond acceptors (Lipinski definition) is 3. The molecule has 0 amide bonds. The van der Waals surface area contributed by atoms with Gasteiger partial charge in [0.05, 0.1) is 0 Å². The van der Waals surface area contributed by atoms with Crippen molar-refractivity contribution in [2.24, 2.45) is 5.92 Å². The minimum Gasteiger partial charge on any atom is -0.550 e. The summed E-state index contributed by atoms with van der Waals surface area (Å²) in [4.78, 5) is 10.1. The van der Waals surface area contributed by atoms with E-state index in [2.05, 4.69) is 25.2 Å². The predicted octanol–water partition coefficient (Wildman–Crippen LogP) is -1.16. The summed E-state index contributed by atoms with van der Waals surface area (Å²) in [6, 6.07) is 0. The zero-order valence-electron chi connectivity index (χ0n) is 11.5. The molecule has 0 fully saturated rings. The SMILES string of the molecule is CC(C)CCCCCC=CNCCC(=O)[O-].[Na+]. The Balaban J connectivity index is 0. The molecule has 3 nitrogen and oxygen atoms in total. The van der Waals surface area contributed by atoms with Crippen LogP contribution < -0.4 is 40.0 Å². The Labute approximate surface area is 127 Å². The van der Waals surface area contributed by atoms with E-state index >= 15 is 0 Å². The Bertz CT molecular complexity index is 206. The van der Waals surface area contributed by atoms with E-state index in [1.807, 2.05) is 6.20 Å². The number of rotatable bonds is 10. The monoisotopic (exact) mass is 249 g/mol. The van der Waals surface area contributed by atoms with Crippen molar-refractivity contribution in [3.05, 3.63) is 12.3 Å². The Hall–Kier alpha value is 0.0100. The van der Waals surface area contributed by atoms with Crippen LogP contribution in [0.25, 0.3) is 0 Å². The second kappa shape index (κ2) is 14.1. The van der Waals surface area contributed by atoms with Crippen LogP contribution in [-0.4, -0.2) is 12.5 Å². The molecule has 0 heterocycles. The summed E-state index contributed by atoms with van der Waals surface area (Å²) < 4.78 is 0. The second-order valence-corrected chi connectivity index (χ2v) is 4.51. The van der Waals surface area contributed by atoms with Gasteiger partial charge in [-0.25, -0.2) is 0 Å². The Morgan fingerprint density at radius 1 is 1.29 bits per heavy atom. The van der Waals surface area contributed by atoms with Crippen LogP contribution in [0, 0.1) is 5.92 Å². The predicted molar refractivity (Wildman–Crippen MR) is 64.7 cm³/mol. The van der Waals surface area contributed by atoms with Crippen LogP contribution in [0.5, 0.6) is 0 Å². The van der Waals surface area contributed by atoms with E-state index in [1.54, 1.807) is 0 Å². The van der Waals surface area contributed by atoms with Gasteiger partial charge in [0, 0.05) is 18.9 Å². The van der Waals surface area contributed by atoms with Gasteiger partial charge in [0.25, 0.3) is 0 Å². The number of carbonyl (C=O) groups is 1.